The average Bonchev–Trinajstić information content (AvgIpc) is 2.66. The van der Waals surface area contributed by atoms with Crippen LogP contribution < -0.4 is 4.74 Å². The van der Waals surface area contributed by atoms with E-state index in [1.807, 2.05) is 26.0 Å². The number of allylic oxidation sites excluding steroid dienone is 1. The topological polar surface area (TPSA) is 12.5 Å². The molecule has 0 N–H and O–H groups in total. The lowest BCUT2D eigenvalue weighted by Crippen LogP contribution is -2.56. The number of rotatable bonds is 4. The molecule has 2 heteroatoms. The lowest BCUT2D eigenvalue weighted by atomic mass is 9.80. The molecule has 1 saturated heterocycles. The molecule has 0 spiro atoms. The van der Waals surface area contributed by atoms with Crippen molar-refractivity contribution in [2.75, 3.05) is 14.2 Å². The Morgan fingerprint density at radius 3 is 1.89 bits per heavy atom. The highest BCUT2D eigenvalue weighted by Crippen LogP contribution is 2.36. The average molecular weight is 376 g/mol. The molecule has 0 amide bonds. The molecule has 2 rings (SSSR count). The van der Waals surface area contributed by atoms with E-state index in [1.54, 1.807) is 7.11 Å². The first kappa shape index (κ1) is 25.7. The molecule has 0 saturated carbocycles. The van der Waals surface area contributed by atoms with Crippen molar-refractivity contribution < 1.29 is 4.74 Å². The summed E-state index contributed by atoms with van der Waals surface area (Å²) in [7, 11) is 3.93. The zero-order valence-corrected chi connectivity index (χ0v) is 19.7. The van der Waals surface area contributed by atoms with Gasteiger partial charge in [0.15, 0.2) is 0 Å². The standard InChI is InChI=1S/C13H18O.C10H21N.C2H6/c1-4-11(2)5-6-12-7-9-13(14-3)10-8-12;1-9(2)7-6-8-10(3,4)11(9)5;1-2/h5-11H,4H2,1-3H3;6-8H2,1-5H3;1-2H3. The fourth-order valence-corrected chi connectivity index (χ4v) is 3.23. The van der Waals surface area contributed by atoms with Crippen molar-refractivity contribution in [1.29, 1.82) is 0 Å². The van der Waals surface area contributed by atoms with Crippen LogP contribution in [-0.2, 0) is 0 Å². The van der Waals surface area contributed by atoms with Crippen LogP contribution in [0.1, 0.15) is 86.6 Å². The maximum Gasteiger partial charge on any atom is 0.118 e. The maximum absolute atomic E-state index is 5.09. The summed E-state index contributed by atoms with van der Waals surface area (Å²) in [5.74, 6) is 1.56. The van der Waals surface area contributed by atoms with Crippen LogP contribution in [0.25, 0.3) is 6.08 Å². The quantitative estimate of drug-likeness (QED) is 0.542. The van der Waals surface area contributed by atoms with Crippen molar-refractivity contribution in [1.82, 2.24) is 4.90 Å². The second-order valence-corrected chi connectivity index (χ2v) is 8.56. The summed E-state index contributed by atoms with van der Waals surface area (Å²) in [6.45, 7) is 17.8. The lowest BCUT2D eigenvalue weighted by molar-refractivity contribution is -0.00199. The van der Waals surface area contributed by atoms with E-state index in [0.717, 1.165) is 5.75 Å². The fourth-order valence-electron chi connectivity index (χ4n) is 3.23. The van der Waals surface area contributed by atoms with Crippen molar-refractivity contribution in [3.8, 4) is 5.75 Å². The monoisotopic (exact) mass is 375 g/mol. The first-order chi connectivity index (χ1) is 12.6. The molecule has 0 aliphatic carbocycles. The van der Waals surface area contributed by atoms with E-state index in [9.17, 15) is 0 Å². The van der Waals surface area contributed by atoms with Gasteiger partial charge in [0.1, 0.15) is 5.75 Å². The molecule has 1 aliphatic heterocycles. The van der Waals surface area contributed by atoms with E-state index in [2.05, 4.69) is 77.8 Å². The highest BCUT2D eigenvalue weighted by atomic mass is 16.5. The van der Waals surface area contributed by atoms with Crippen molar-refractivity contribution in [3.63, 3.8) is 0 Å². The van der Waals surface area contributed by atoms with Crippen LogP contribution in [0.5, 0.6) is 5.75 Å². The van der Waals surface area contributed by atoms with E-state index in [-0.39, 0.29) is 0 Å². The Morgan fingerprint density at radius 1 is 1.04 bits per heavy atom. The van der Waals surface area contributed by atoms with Crippen molar-refractivity contribution in [3.05, 3.63) is 35.9 Å². The number of benzene rings is 1. The normalized spacial score (nSPS) is 19.3. The van der Waals surface area contributed by atoms with Crippen LogP contribution in [0.4, 0.5) is 0 Å². The molecule has 2 nitrogen and oxygen atoms in total. The van der Waals surface area contributed by atoms with Gasteiger partial charge in [-0.1, -0.05) is 58.4 Å². The molecule has 156 valence electrons. The van der Waals surface area contributed by atoms with Crippen LogP contribution in [0.15, 0.2) is 30.3 Å². The van der Waals surface area contributed by atoms with Gasteiger partial charge in [0.2, 0.25) is 0 Å². The zero-order valence-electron chi connectivity index (χ0n) is 19.7. The van der Waals surface area contributed by atoms with Gasteiger partial charge in [-0.25, -0.2) is 0 Å². The molecule has 1 fully saturated rings. The summed E-state index contributed by atoms with van der Waals surface area (Å²) in [6.07, 6.45) is 9.65. The second kappa shape index (κ2) is 12.2. The number of methoxy groups -OCH3 is 1. The van der Waals surface area contributed by atoms with E-state index in [0.29, 0.717) is 17.0 Å². The van der Waals surface area contributed by atoms with E-state index >= 15 is 0 Å². The predicted octanol–water partition coefficient (Wildman–Crippen LogP) is 7.44. The molecule has 1 aromatic rings. The van der Waals surface area contributed by atoms with Gasteiger partial charge in [-0.3, -0.25) is 4.90 Å². The Kier molecular flexibility index (Phi) is 11.7. The molecule has 1 aliphatic rings. The molecule has 0 aromatic heterocycles. The molecule has 27 heavy (non-hydrogen) atoms. The molecule has 0 radical (unpaired) electrons. The summed E-state index contributed by atoms with van der Waals surface area (Å²) in [5, 5.41) is 0. The van der Waals surface area contributed by atoms with Gasteiger partial charge < -0.3 is 4.74 Å². The van der Waals surface area contributed by atoms with E-state index in [4.69, 9.17) is 4.74 Å². The SMILES string of the molecule is CC.CCC(C)C=Cc1ccc(OC)cc1.CN1C(C)(C)CCCC1(C)C. The Labute approximate surface area is 170 Å². The molecule has 1 unspecified atom stereocenters. The van der Waals surface area contributed by atoms with Crippen LogP contribution in [0.3, 0.4) is 0 Å². The highest BCUT2D eigenvalue weighted by molar-refractivity contribution is 5.50. The highest BCUT2D eigenvalue weighted by Gasteiger charge is 2.38. The Balaban J connectivity index is 0.000000469. The largest absolute Gasteiger partial charge is 0.497 e. The van der Waals surface area contributed by atoms with Gasteiger partial charge in [-0.2, -0.15) is 0 Å². The minimum atomic E-state index is 0.405. The van der Waals surface area contributed by atoms with E-state index < -0.39 is 0 Å². The van der Waals surface area contributed by atoms with Gasteiger partial charge in [-0.05, 0) is 77.6 Å². The Morgan fingerprint density at radius 2 is 1.52 bits per heavy atom. The number of ether oxygens (including phenoxy) is 1. The van der Waals surface area contributed by atoms with Gasteiger partial charge in [0, 0.05) is 11.1 Å². The van der Waals surface area contributed by atoms with Crippen molar-refractivity contribution in [2.45, 2.75) is 92.2 Å². The molecular formula is C25H45NO. The molecule has 0 bridgehead atoms. The number of piperidine rings is 1. The van der Waals surface area contributed by atoms with Crippen molar-refractivity contribution in [2.24, 2.45) is 5.92 Å². The molecule has 1 heterocycles. The number of nitrogens with zero attached hydrogens (tertiary/aromatic N) is 1. The summed E-state index contributed by atoms with van der Waals surface area (Å²) in [5.41, 5.74) is 2.04. The summed E-state index contributed by atoms with van der Waals surface area (Å²) >= 11 is 0. The predicted molar refractivity (Wildman–Crippen MR) is 123 cm³/mol. The van der Waals surface area contributed by atoms with Crippen LogP contribution in [-0.4, -0.2) is 30.1 Å². The minimum absolute atomic E-state index is 0.405. The maximum atomic E-state index is 5.09. The summed E-state index contributed by atoms with van der Waals surface area (Å²) in [4.78, 5) is 2.52. The number of hydrogen-bond acceptors (Lipinski definition) is 2. The third kappa shape index (κ3) is 8.97. The number of likely N-dealkylation sites (tertiary alicyclic amines) is 1. The Bertz CT molecular complexity index is 512. The summed E-state index contributed by atoms with van der Waals surface area (Å²) in [6, 6.07) is 8.10. The third-order valence-electron chi connectivity index (χ3n) is 5.77. The molecule has 1 atom stereocenters. The van der Waals surface area contributed by atoms with Gasteiger partial charge >= 0.3 is 0 Å². The first-order valence-corrected chi connectivity index (χ1v) is 10.7. The van der Waals surface area contributed by atoms with E-state index in [1.165, 1.54) is 31.2 Å². The lowest BCUT2D eigenvalue weighted by Gasteiger charge is -2.50. The van der Waals surface area contributed by atoms with Crippen LogP contribution >= 0.6 is 0 Å². The van der Waals surface area contributed by atoms with Crippen LogP contribution in [0, 0.1) is 5.92 Å². The smallest absolute Gasteiger partial charge is 0.118 e. The fraction of sp³-hybridized carbons (Fsp3) is 0.680. The second-order valence-electron chi connectivity index (χ2n) is 8.56. The molecular weight excluding hydrogens is 330 g/mol. The molecule has 1 aromatic carbocycles. The van der Waals surface area contributed by atoms with Gasteiger partial charge in [-0.15, -0.1) is 0 Å². The third-order valence-corrected chi connectivity index (χ3v) is 5.77. The number of hydrogen-bond donors (Lipinski definition) is 0. The summed E-state index contributed by atoms with van der Waals surface area (Å²) < 4.78 is 5.09. The zero-order chi connectivity index (χ0) is 21.1. The first-order valence-electron chi connectivity index (χ1n) is 10.7. The van der Waals surface area contributed by atoms with Gasteiger partial charge in [0.25, 0.3) is 0 Å². The van der Waals surface area contributed by atoms with Crippen molar-refractivity contribution >= 4 is 6.08 Å². The Hall–Kier alpha value is -1.28. The minimum Gasteiger partial charge on any atom is -0.497 e. The van der Waals surface area contributed by atoms with Gasteiger partial charge in [0.05, 0.1) is 7.11 Å². The van der Waals surface area contributed by atoms with Crippen LogP contribution in [0.2, 0.25) is 0 Å².